The minimum atomic E-state index is -3.54. The molecule has 0 aliphatic carbocycles. The van der Waals surface area contributed by atoms with Crippen LogP contribution in [-0.2, 0) is 16.4 Å². The lowest BCUT2D eigenvalue weighted by atomic mass is 9.94. The van der Waals surface area contributed by atoms with Crippen LogP contribution in [-0.4, -0.2) is 31.7 Å². The second-order valence-corrected chi connectivity index (χ2v) is 9.74. The third-order valence-electron chi connectivity index (χ3n) is 5.18. The second kappa shape index (κ2) is 8.45. The monoisotopic (exact) mass is 400 g/mol. The molecule has 0 aromatic heterocycles. The molecule has 150 valence electrons. The van der Waals surface area contributed by atoms with E-state index in [1.165, 1.54) is 12.1 Å². The molecule has 1 heterocycles. The molecular formula is C22H28N2O3S. The highest BCUT2D eigenvalue weighted by atomic mass is 32.2. The van der Waals surface area contributed by atoms with Crippen molar-refractivity contribution in [3.05, 3.63) is 59.7 Å². The summed E-state index contributed by atoms with van der Waals surface area (Å²) < 4.78 is 27.5. The Hall–Kier alpha value is -2.18. The first-order valence-corrected chi connectivity index (χ1v) is 11.2. The molecular weight excluding hydrogens is 372 g/mol. The van der Waals surface area contributed by atoms with Gasteiger partial charge in [-0.1, -0.05) is 32.9 Å². The molecule has 0 saturated carbocycles. The van der Waals surface area contributed by atoms with Gasteiger partial charge in [-0.25, -0.2) is 8.42 Å². The molecule has 1 saturated heterocycles. The van der Waals surface area contributed by atoms with Crippen molar-refractivity contribution in [2.45, 2.75) is 38.5 Å². The molecule has 0 spiro atoms. The summed E-state index contributed by atoms with van der Waals surface area (Å²) in [7, 11) is -3.54. The number of carbonyl (C=O) groups is 1. The summed E-state index contributed by atoms with van der Waals surface area (Å²) in [6.45, 7) is 7.31. The summed E-state index contributed by atoms with van der Waals surface area (Å²) in [6, 6.07) is 13.9. The first-order chi connectivity index (χ1) is 13.3. The molecule has 1 aliphatic heterocycles. The van der Waals surface area contributed by atoms with Crippen LogP contribution in [0.4, 0.5) is 5.69 Å². The molecule has 6 heteroatoms. The van der Waals surface area contributed by atoms with Crippen LogP contribution in [0.1, 0.15) is 43.1 Å². The topological polar surface area (TPSA) is 66.5 Å². The van der Waals surface area contributed by atoms with Gasteiger partial charge in [0.15, 0.2) is 0 Å². The maximum atomic E-state index is 12.9. The quantitative estimate of drug-likeness (QED) is 0.819. The Morgan fingerprint density at radius 3 is 2.32 bits per heavy atom. The van der Waals surface area contributed by atoms with Crippen LogP contribution in [0.3, 0.4) is 0 Å². The van der Waals surface area contributed by atoms with Gasteiger partial charge >= 0.3 is 0 Å². The van der Waals surface area contributed by atoms with Crippen molar-refractivity contribution in [1.82, 2.24) is 4.31 Å². The minimum Gasteiger partial charge on any atom is -0.322 e. The molecule has 3 rings (SSSR count). The minimum absolute atomic E-state index is 0.235. The van der Waals surface area contributed by atoms with Gasteiger partial charge in [0.1, 0.15) is 0 Å². The van der Waals surface area contributed by atoms with E-state index in [0.717, 1.165) is 24.1 Å². The zero-order valence-corrected chi connectivity index (χ0v) is 17.5. The maximum Gasteiger partial charge on any atom is 0.255 e. The van der Waals surface area contributed by atoms with Gasteiger partial charge in [-0.15, -0.1) is 0 Å². The fourth-order valence-corrected chi connectivity index (χ4v) is 5.48. The van der Waals surface area contributed by atoms with E-state index < -0.39 is 10.0 Å². The Morgan fingerprint density at radius 2 is 1.71 bits per heavy atom. The fraction of sp³-hybridized carbons (Fsp3) is 0.409. The third kappa shape index (κ3) is 4.62. The van der Waals surface area contributed by atoms with Crippen molar-refractivity contribution in [2.75, 3.05) is 18.4 Å². The van der Waals surface area contributed by atoms with E-state index in [1.807, 2.05) is 24.3 Å². The molecule has 0 radical (unpaired) electrons. The number of piperidine rings is 1. The molecule has 0 unspecified atom stereocenters. The van der Waals surface area contributed by atoms with Crippen molar-refractivity contribution in [1.29, 1.82) is 0 Å². The molecule has 0 bridgehead atoms. The number of amides is 1. The van der Waals surface area contributed by atoms with Gasteiger partial charge in [-0.3, -0.25) is 4.79 Å². The van der Waals surface area contributed by atoms with Crippen LogP contribution in [0.2, 0.25) is 0 Å². The van der Waals surface area contributed by atoms with Crippen molar-refractivity contribution in [3.63, 3.8) is 0 Å². The van der Waals surface area contributed by atoms with Crippen molar-refractivity contribution in [3.8, 4) is 0 Å². The van der Waals surface area contributed by atoms with Crippen LogP contribution in [0.5, 0.6) is 0 Å². The third-order valence-corrected chi connectivity index (χ3v) is 7.03. The molecule has 1 aliphatic rings. The smallest absolute Gasteiger partial charge is 0.255 e. The van der Waals surface area contributed by atoms with Crippen molar-refractivity contribution >= 4 is 21.6 Å². The number of hydrogen-bond donors (Lipinski definition) is 1. The van der Waals surface area contributed by atoms with E-state index >= 15 is 0 Å². The number of benzene rings is 2. The second-order valence-electron chi connectivity index (χ2n) is 7.80. The number of nitrogens with zero attached hydrogens (tertiary/aromatic N) is 1. The van der Waals surface area contributed by atoms with Gasteiger partial charge in [0.25, 0.3) is 5.91 Å². The van der Waals surface area contributed by atoms with Crippen molar-refractivity contribution in [2.24, 2.45) is 11.8 Å². The van der Waals surface area contributed by atoms with E-state index in [9.17, 15) is 13.2 Å². The fourth-order valence-electron chi connectivity index (χ4n) is 3.80. The van der Waals surface area contributed by atoms with E-state index in [2.05, 4.69) is 26.1 Å². The number of hydrogen-bond acceptors (Lipinski definition) is 3. The van der Waals surface area contributed by atoms with Gasteiger partial charge < -0.3 is 5.32 Å². The van der Waals surface area contributed by atoms with E-state index in [0.29, 0.717) is 30.5 Å². The van der Waals surface area contributed by atoms with Crippen LogP contribution in [0, 0.1) is 11.8 Å². The zero-order chi connectivity index (χ0) is 20.3. The highest BCUT2D eigenvalue weighted by molar-refractivity contribution is 7.89. The number of aryl methyl sites for hydroxylation is 1. The number of sulfonamides is 1. The maximum absolute atomic E-state index is 12.9. The summed E-state index contributed by atoms with van der Waals surface area (Å²) in [5.41, 5.74) is 2.31. The number of rotatable bonds is 5. The Labute approximate surface area is 167 Å². The molecule has 1 N–H and O–H groups in total. The Balaban J connectivity index is 1.74. The normalized spacial score (nSPS) is 20.7. The van der Waals surface area contributed by atoms with Gasteiger partial charge in [0.2, 0.25) is 10.0 Å². The molecule has 5 nitrogen and oxygen atoms in total. The van der Waals surface area contributed by atoms with Gasteiger partial charge in [-0.05, 0) is 66.6 Å². The number of anilines is 1. The predicted molar refractivity (Wildman–Crippen MR) is 112 cm³/mol. The predicted octanol–water partition coefficient (Wildman–Crippen LogP) is 4.17. The molecule has 2 atom stereocenters. The molecule has 2 aromatic carbocycles. The lowest BCUT2D eigenvalue weighted by molar-refractivity contribution is 0.102. The number of carbonyl (C=O) groups excluding carboxylic acids is 1. The standard InChI is InChI=1S/C22H28N2O3S/c1-4-18-6-5-7-20(13-18)23-22(25)19-8-10-21(11-9-19)28(26,27)24-14-16(2)12-17(3)15-24/h5-11,13,16-17H,4,12,14-15H2,1-3H3,(H,23,25)/t16-,17-/m1/s1. The summed E-state index contributed by atoms with van der Waals surface area (Å²) in [4.78, 5) is 12.7. The molecule has 2 aromatic rings. The Kier molecular flexibility index (Phi) is 6.20. The highest BCUT2D eigenvalue weighted by Crippen LogP contribution is 2.27. The summed E-state index contributed by atoms with van der Waals surface area (Å²) in [6.07, 6.45) is 1.94. The van der Waals surface area contributed by atoms with E-state index in [4.69, 9.17) is 0 Å². The largest absolute Gasteiger partial charge is 0.322 e. The van der Waals surface area contributed by atoms with Gasteiger partial charge in [0.05, 0.1) is 4.90 Å². The summed E-state index contributed by atoms with van der Waals surface area (Å²) in [5, 5.41) is 2.87. The average Bonchev–Trinajstić information content (AvgIpc) is 2.67. The Morgan fingerprint density at radius 1 is 1.07 bits per heavy atom. The molecule has 28 heavy (non-hydrogen) atoms. The number of nitrogens with one attached hydrogen (secondary N) is 1. The van der Waals surface area contributed by atoms with Crippen LogP contribution >= 0.6 is 0 Å². The SMILES string of the molecule is CCc1cccc(NC(=O)c2ccc(S(=O)(=O)N3C[C@H](C)C[C@@H](C)C3)cc2)c1. The van der Waals surface area contributed by atoms with Gasteiger partial charge in [-0.2, -0.15) is 4.31 Å². The van der Waals surface area contributed by atoms with Gasteiger partial charge in [0, 0.05) is 24.3 Å². The molecule has 1 fully saturated rings. The van der Waals surface area contributed by atoms with E-state index in [1.54, 1.807) is 16.4 Å². The van der Waals surface area contributed by atoms with Crippen LogP contribution < -0.4 is 5.32 Å². The first kappa shape index (κ1) is 20.6. The van der Waals surface area contributed by atoms with Crippen LogP contribution in [0.25, 0.3) is 0 Å². The summed E-state index contributed by atoms with van der Waals surface area (Å²) >= 11 is 0. The highest BCUT2D eigenvalue weighted by Gasteiger charge is 2.31. The lowest BCUT2D eigenvalue weighted by Gasteiger charge is -2.34. The molecule has 1 amide bonds. The Bertz CT molecular complexity index is 929. The van der Waals surface area contributed by atoms with Crippen LogP contribution in [0.15, 0.2) is 53.4 Å². The summed E-state index contributed by atoms with van der Waals surface area (Å²) in [5.74, 6) is 0.447. The van der Waals surface area contributed by atoms with E-state index in [-0.39, 0.29) is 10.8 Å². The van der Waals surface area contributed by atoms with Crippen molar-refractivity contribution < 1.29 is 13.2 Å². The average molecular weight is 401 g/mol. The first-order valence-electron chi connectivity index (χ1n) is 9.80. The zero-order valence-electron chi connectivity index (χ0n) is 16.7. The lowest BCUT2D eigenvalue weighted by Crippen LogP contribution is -2.42.